The van der Waals surface area contributed by atoms with Crippen LogP contribution in [0.5, 0.6) is 0 Å². The number of anilines is 1. The predicted octanol–water partition coefficient (Wildman–Crippen LogP) is 4.58. The molecule has 0 aliphatic carbocycles. The highest BCUT2D eigenvalue weighted by molar-refractivity contribution is 7.10. The second-order valence-corrected chi connectivity index (χ2v) is 7.29. The molecule has 4 rings (SSSR count). The Hall–Kier alpha value is -2.73. The van der Waals surface area contributed by atoms with Crippen molar-refractivity contribution in [3.63, 3.8) is 0 Å². The van der Waals surface area contributed by atoms with Gasteiger partial charge in [-0.25, -0.2) is 9.97 Å². The van der Waals surface area contributed by atoms with Crippen LogP contribution in [0, 0.1) is 0 Å². The number of nitrogens with one attached hydrogen (secondary N) is 1. The zero-order valence-corrected chi connectivity index (χ0v) is 15.7. The van der Waals surface area contributed by atoms with E-state index >= 15 is 0 Å². The number of hydrogen-bond acceptors (Lipinski definition) is 5. The smallest absolute Gasteiger partial charge is 0.163 e. The van der Waals surface area contributed by atoms with Crippen LogP contribution in [-0.4, -0.2) is 19.7 Å². The van der Waals surface area contributed by atoms with Crippen molar-refractivity contribution in [2.45, 2.75) is 25.8 Å². The summed E-state index contributed by atoms with van der Waals surface area (Å²) in [6.07, 6.45) is 5.67. The van der Waals surface area contributed by atoms with Gasteiger partial charge in [0.2, 0.25) is 0 Å². The largest absolute Gasteiger partial charge is 0.358 e. The maximum absolute atomic E-state index is 4.47. The summed E-state index contributed by atoms with van der Waals surface area (Å²) in [6.45, 7) is 2.21. The molecule has 0 fully saturated rings. The molecule has 3 heterocycles. The molecule has 0 saturated heterocycles. The van der Waals surface area contributed by atoms with E-state index in [-0.39, 0.29) is 6.04 Å². The van der Waals surface area contributed by atoms with E-state index in [1.807, 2.05) is 13.2 Å². The van der Waals surface area contributed by atoms with Gasteiger partial charge in [0.25, 0.3) is 0 Å². The van der Waals surface area contributed by atoms with Crippen molar-refractivity contribution < 1.29 is 0 Å². The van der Waals surface area contributed by atoms with Gasteiger partial charge < -0.3 is 5.32 Å². The van der Waals surface area contributed by atoms with Crippen LogP contribution in [0.15, 0.2) is 54.3 Å². The Labute approximate surface area is 156 Å². The molecule has 1 N–H and O–H groups in total. The second kappa shape index (κ2) is 7.25. The second-order valence-electron chi connectivity index (χ2n) is 6.31. The molecule has 5 nitrogen and oxygen atoms in total. The van der Waals surface area contributed by atoms with Gasteiger partial charge in [-0.05, 0) is 29.0 Å². The normalized spacial score (nSPS) is 12.4. The molecule has 0 bridgehead atoms. The van der Waals surface area contributed by atoms with Crippen molar-refractivity contribution in [2.24, 2.45) is 7.05 Å². The Morgan fingerprint density at radius 2 is 2.00 bits per heavy atom. The van der Waals surface area contributed by atoms with Crippen LogP contribution in [0.3, 0.4) is 0 Å². The fraction of sp³-hybridized carbons (Fsp3) is 0.250. The summed E-state index contributed by atoms with van der Waals surface area (Å²) in [5, 5.41) is 11.0. The molecule has 0 aliphatic rings. The minimum atomic E-state index is 0.0454. The van der Waals surface area contributed by atoms with Gasteiger partial charge in [-0.15, -0.1) is 11.3 Å². The highest BCUT2D eigenvalue weighted by Crippen LogP contribution is 2.31. The van der Waals surface area contributed by atoms with E-state index in [1.54, 1.807) is 22.3 Å². The molecule has 0 saturated carbocycles. The fourth-order valence-electron chi connectivity index (χ4n) is 3.15. The molecule has 1 atom stereocenters. The Morgan fingerprint density at radius 1 is 1.15 bits per heavy atom. The first-order valence-electron chi connectivity index (χ1n) is 8.77. The molecule has 0 spiro atoms. The van der Waals surface area contributed by atoms with Crippen LogP contribution in [0.2, 0.25) is 0 Å². The topological polar surface area (TPSA) is 55.6 Å². The fourth-order valence-corrected chi connectivity index (χ4v) is 3.96. The Bertz CT molecular complexity index is 989. The van der Waals surface area contributed by atoms with E-state index in [1.165, 1.54) is 16.0 Å². The third kappa shape index (κ3) is 3.20. The zero-order chi connectivity index (χ0) is 17.9. The molecular formula is C20H21N5S. The highest BCUT2D eigenvalue weighted by Gasteiger charge is 2.18. The van der Waals surface area contributed by atoms with Crippen LogP contribution in [0.1, 0.15) is 35.4 Å². The van der Waals surface area contributed by atoms with Crippen molar-refractivity contribution in [3.05, 3.63) is 70.3 Å². The van der Waals surface area contributed by atoms with Gasteiger partial charge in [-0.2, -0.15) is 5.10 Å². The minimum absolute atomic E-state index is 0.0454. The number of thiophene rings is 1. The SMILES string of the molecule is CCCc1ccc([C@@H](Nc2ncnc3c2cnn3C)c2cccs2)cc1. The summed E-state index contributed by atoms with van der Waals surface area (Å²) in [4.78, 5) is 10.1. The first-order chi connectivity index (χ1) is 12.8. The lowest BCUT2D eigenvalue weighted by atomic mass is 10.0. The predicted molar refractivity (Wildman–Crippen MR) is 107 cm³/mol. The minimum Gasteiger partial charge on any atom is -0.358 e. The number of nitrogens with zero attached hydrogens (tertiary/aromatic N) is 4. The van der Waals surface area contributed by atoms with Gasteiger partial charge in [0, 0.05) is 11.9 Å². The number of aromatic nitrogens is 4. The number of fused-ring (bicyclic) bond motifs is 1. The van der Waals surface area contributed by atoms with Crippen molar-refractivity contribution in [1.29, 1.82) is 0 Å². The summed E-state index contributed by atoms with van der Waals surface area (Å²) in [5.41, 5.74) is 3.42. The van der Waals surface area contributed by atoms with E-state index in [0.717, 1.165) is 29.7 Å². The van der Waals surface area contributed by atoms with E-state index in [9.17, 15) is 0 Å². The van der Waals surface area contributed by atoms with Crippen molar-refractivity contribution >= 4 is 28.2 Å². The Balaban J connectivity index is 1.72. The molecule has 1 aromatic carbocycles. The average Bonchev–Trinajstić information content (AvgIpc) is 3.32. The number of hydrogen-bond donors (Lipinski definition) is 1. The van der Waals surface area contributed by atoms with Crippen LogP contribution in [0.25, 0.3) is 11.0 Å². The number of rotatable bonds is 6. The molecular weight excluding hydrogens is 342 g/mol. The third-order valence-corrected chi connectivity index (χ3v) is 5.43. The van der Waals surface area contributed by atoms with E-state index in [4.69, 9.17) is 0 Å². The van der Waals surface area contributed by atoms with Gasteiger partial charge >= 0.3 is 0 Å². The monoisotopic (exact) mass is 363 g/mol. The maximum Gasteiger partial charge on any atom is 0.163 e. The first-order valence-corrected chi connectivity index (χ1v) is 9.65. The van der Waals surface area contributed by atoms with Crippen LogP contribution in [0.4, 0.5) is 5.82 Å². The van der Waals surface area contributed by atoms with Gasteiger partial charge in [0.15, 0.2) is 5.65 Å². The summed E-state index contributed by atoms with van der Waals surface area (Å²) < 4.78 is 1.77. The van der Waals surface area contributed by atoms with E-state index < -0.39 is 0 Å². The summed E-state index contributed by atoms with van der Waals surface area (Å²) in [6, 6.07) is 13.2. The van der Waals surface area contributed by atoms with Gasteiger partial charge in [0.1, 0.15) is 12.1 Å². The molecule has 4 aromatic rings. The van der Waals surface area contributed by atoms with Crippen molar-refractivity contribution in [3.8, 4) is 0 Å². The molecule has 0 amide bonds. The summed E-state index contributed by atoms with van der Waals surface area (Å²) in [5.74, 6) is 0.805. The lowest BCUT2D eigenvalue weighted by Crippen LogP contribution is -2.12. The zero-order valence-electron chi connectivity index (χ0n) is 14.9. The van der Waals surface area contributed by atoms with Crippen molar-refractivity contribution in [1.82, 2.24) is 19.7 Å². The lowest BCUT2D eigenvalue weighted by molar-refractivity contribution is 0.785. The maximum atomic E-state index is 4.47. The van der Waals surface area contributed by atoms with Crippen molar-refractivity contribution in [2.75, 3.05) is 5.32 Å². The lowest BCUT2D eigenvalue weighted by Gasteiger charge is -2.19. The standard InChI is InChI=1S/C20H21N5S/c1-3-5-14-7-9-15(10-8-14)18(17-6-4-11-26-17)24-19-16-12-23-25(2)20(16)22-13-21-19/h4,6-13,18H,3,5H2,1-2H3,(H,21,22,24)/t18-/m1/s1. The van der Waals surface area contributed by atoms with Gasteiger partial charge in [0.05, 0.1) is 17.6 Å². The molecule has 0 radical (unpaired) electrons. The first kappa shape index (κ1) is 16.7. The Morgan fingerprint density at radius 3 is 2.73 bits per heavy atom. The third-order valence-electron chi connectivity index (χ3n) is 4.49. The summed E-state index contributed by atoms with van der Waals surface area (Å²) >= 11 is 1.74. The van der Waals surface area contributed by atoms with Crippen LogP contribution < -0.4 is 5.32 Å². The summed E-state index contributed by atoms with van der Waals surface area (Å²) in [7, 11) is 1.89. The van der Waals surface area contributed by atoms with Crippen LogP contribution >= 0.6 is 11.3 Å². The molecule has 0 unspecified atom stereocenters. The van der Waals surface area contributed by atoms with Gasteiger partial charge in [-0.3, -0.25) is 4.68 Å². The van der Waals surface area contributed by atoms with E-state index in [2.05, 4.69) is 69.1 Å². The number of aryl methyl sites for hydroxylation is 2. The molecule has 3 aromatic heterocycles. The van der Waals surface area contributed by atoms with Gasteiger partial charge in [-0.1, -0.05) is 43.7 Å². The van der Waals surface area contributed by atoms with Crippen LogP contribution in [-0.2, 0) is 13.5 Å². The Kier molecular flexibility index (Phi) is 4.67. The molecule has 26 heavy (non-hydrogen) atoms. The highest BCUT2D eigenvalue weighted by atomic mass is 32.1. The molecule has 6 heteroatoms. The molecule has 0 aliphatic heterocycles. The number of benzene rings is 1. The average molecular weight is 363 g/mol. The molecule has 132 valence electrons. The quantitative estimate of drug-likeness (QED) is 0.545. The van der Waals surface area contributed by atoms with E-state index in [0.29, 0.717) is 0 Å².